The second-order valence-corrected chi connectivity index (χ2v) is 7.88. The van der Waals surface area contributed by atoms with Gasteiger partial charge in [0.05, 0.1) is 13.2 Å². The van der Waals surface area contributed by atoms with Gasteiger partial charge in [0.1, 0.15) is 11.6 Å². The Bertz CT molecular complexity index is 837. The number of halogens is 2. The zero-order chi connectivity index (χ0) is 20.2. The van der Waals surface area contributed by atoms with Gasteiger partial charge in [-0.3, -0.25) is 4.79 Å². The van der Waals surface area contributed by atoms with Crippen LogP contribution in [0.25, 0.3) is 0 Å². The number of nitrogens with zero attached hydrogens (tertiary/aromatic N) is 1. The van der Waals surface area contributed by atoms with Crippen LogP contribution in [0.1, 0.15) is 29.9 Å². The highest BCUT2D eigenvalue weighted by Gasteiger charge is 2.41. The van der Waals surface area contributed by atoms with Crippen molar-refractivity contribution >= 4 is 5.91 Å². The van der Waals surface area contributed by atoms with Crippen molar-refractivity contribution in [3.05, 3.63) is 71.3 Å². The molecule has 1 saturated carbocycles. The van der Waals surface area contributed by atoms with Gasteiger partial charge in [0.25, 0.3) is 0 Å². The van der Waals surface area contributed by atoms with Crippen LogP contribution in [0.15, 0.2) is 48.5 Å². The van der Waals surface area contributed by atoms with Crippen molar-refractivity contribution in [2.24, 2.45) is 5.92 Å². The molecule has 2 aromatic rings. The first kappa shape index (κ1) is 20.0. The molecule has 0 bridgehead atoms. The maximum Gasteiger partial charge on any atom is 0.226 e. The van der Waals surface area contributed by atoms with Gasteiger partial charge >= 0.3 is 0 Å². The van der Waals surface area contributed by atoms with E-state index in [1.165, 1.54) is 24.3 Å². The van der Waals surface area contributed by atoms with E-state index in [-0.39, 0.29) is 35.4 Å². The van der Waals surface area contributed by atoms with Gasteiger partial charge in [-0.2, -0.15) is 0 Å². The van der Waals surface area contributed by atoms with Crippen molar-refractivity contribution < 1.29 is 18.3 Å². The number of carbonyl (C=O) groups excluding carboxylic acids is 1. The Morgan fingerprint density at radius 1 is 1.03 bits per heavy atom. The maximum absolute atomic E-state index is 13.4. The fourth-order valence-corrected chi connectivity index (χ4v) is 4.48. The Morgan fingerprint density at radius 2 is 1.79 bits per heavy atom. The molecule has 2 aromatic carbocycles. The number of hydrogen-bond donors (Lipinski definition) is 1. The SMILES string of the molecule is O=C([C@H]1C[C@@H](NCc2cccc(F)c2)C[C@@H]1c1ccc(F)cc1)N1CCOCC1. The minimum absolute atomic E-state index is 0.0379. The normalized spacial score (nSPS) is 24.6. The van der Waals surface area contributed by atoms with Crippen LogP contribution < -0.4 is 5.32 Å². The molecule has 1 aliphatic carbocycles. The average Bonchev–Trinajstić information content (AvgIpc) is 3.17. The first-order valence-corrected chi connectivity index (χ1v) is 10.2. The molecule has 1 aliphatic heterocycles. The van der Waals surface area contributed by atoms with E-state index in [9.17, 15) is 13.6 Å². The van der Waals surface area contributed by atoms with Gasteiger partial charge in [-0.25, -0.2) is 8.78 Å². The van der Waals surface area contributed by atoms with Crippen molar-refractivity contribution in [3.63, 3.8) is 0 Å². The number of amides is 1. The van der Waals surface area contributed by atoms with Gasteiger partial charge in [0.15, 0.2) is 0 Å². The van der Waals surface area contributed by atoms with Crippen LogP contribution in [0, 0.1) is 17.6 Å². The average molecular weight is 400 g/mol. The number of morpholine rings is 1. The minimum Gasteiger partial charge on any atom is -0.378 e. The van der Waals surface area contributed by atoms with E-state index < -0.39 is 0 Å². The summed E-state index contributed by atoms with van der Waals surface area (Å²) in [6.45, 7) is 2.93. The first-order chi connectivity index (χ1) is 14.1. The molecule has 4 nitrogen and oxygen atoms in total. The Labute approximate surface area is 169 Å². The summed E-state index contributed by atoms with van der Waals surface area (Å²) in [4.78, 5) is 15.1. The van der Waals surface area contributed by atoms with Crippen molar-refractivity contribution in [3.8, 4) is 0 Å². The molecule has 3 atom stereocenters. The lowest BCUT2D eigenvalue weighted by Gasteiger charge is -2.31. The highest BCUT2D eigenvalue weighted by molar-refractivity contribution is 5.80. The van der Waals surface area contributed by atoms with Gasteiger partial charge in [0, 0.05) is 31.6 Å². The molecule has 0 radical (unpaired) electrons. The van der Waals surface area contributed by atoms with Gasteiger partial charge < -0.3 is 15.0 Å². The minimum atomic E-state index is -0.274. The zero-order valence-electron chi connectivity index (χ0n) is 16.3. The summed E-state index contributed by atoms with van der Waals surface area (Å²) >= 11 is 0. The van der Waals surface area contributed by atoms with Crippen molar-refractivity contribution in [2.45, 2.75) is 31.3 Å². The predicted molar refractivity (Wildman–Crippen MR) is 106 cm³/mol. The topological polar surface area (TPSA) is 41.6 Å². The lowest BCUT2D eigenvalue weighted by atomic mass is 9.88. The van der Waals surface area contributed by atoms with Crippen molar-refractivity contribution in [2.75, 3.05) is 26.3 Å². The Kier molecular flexibility index (Phi) is 6.21. The Hall–Kier alpha value is -2.31. The second-order valence-electron chi connectivity index (χ2n) is 7.88. The number of hydrogen-bond acceptors (Lipinski definition) is 3. The van der Waals surface area contributed by atoms with Crippen molar-refractivity contribution in [1.82, 2.24) is 10.2 Å². The van der Waals surface area contributed by atoms with Crippen LogP contribution in [0.4, 0.5) is 8.78 Å². The summed E-state index contributed by atoms with van der Waals surface area (Å²) in [6, 6.07) is 13.2. The van der Waals surface area contributed by atoms with Crippen LogP contribution >= 0.6 is 0 Å². The number of ether oxygens (including phenoxy) is 1. The largest absolute Gasteiger partial charge is 0.378 e. The number of carbonyl (C=O) groups is 1. The number of benzene rings is 2. The highest BCUT2D eigenvalue weighted by atomic mass is 19.1. The Balaban J connectivity index is 1.48. The molecule has 1 amide bonds. The molecule has 0 unspecified atom stereocenters. The molecule has 1 N–H and O–H groups in total. The van der Waals surface area contributed by atoms with Gasteiger partial charge in [-0.1, -0.05) is 24.3 Å². The lowest BCUT2D eigenvalue weighted by Crippen LogP contribution is -2.44. The summed E-state index contributed by atoms with van der Waals surface area (Å²) in [5.74, 6) is -0.485. The van der Waals surface area contributed by atoms with Crippen LogP contribution in [0.2, 0.25) is 0 Å². The van der Waals surface area contributed by atoms with Crippen LogP contribution in [-0.4, -0.2) is 43.2 Å². The molecule has 2 aliphatic rings. The summed E-state index contributed by atoms with van der Waals surface area (Å²) < 4.78 is 32.2. The van der Waals surface area contributed by atoms with Gasteiger partial charge in [-0.05, 0) is 54.2 Å². The molecule has 4 rings (SSSR count). The molecular formula is C23H26F2N2O2. The van der Waals surface area contributed by atoms with E-state index in [0.29, 0.717) is 39.3 Å². The zero-order valence-corrected chi connectivity index (χ0v) is 16.3. The molecular weight excluding hydrogens is 374 g/mol. The fourth-order valence-electron chi connectivity index (χ4n) is 4.48. The molecule has 0 aromatic heterocycles. The molecule has 6 heteroatoms. The van der Waals surface area contributed by atoms with Crippen molar-refractivity contribution in [1.29, 1.82) is 0 Å². The van der Waals surface area contributed by atoms with E-state index >= 15 is 0 Å². The van der Waals surface area contributed by atoms with Crippen LogP contribution in [0.5, 0.6) is 0 Å². The summed E-state index contributed by atoms with van der Waals surface area (Å²) in [6.07, 6.45) is 1.51. The lowest BCUT2D eigenvalue weighted by molar-refractivity contribution is -0.140. The Morgan fingerprint density at radius 3 is 2.52 bits per heavy atom. The molecule has 154 valence electrons. The molecule has 1 heterocycles. The van der Waals surface area contributed by atoms with E-state index in [2.05, 4.69) is 5.32 Å². The van der Waals surface area contributed by atoms with Gasteiger partial charge in [-0.15, -0.1) is 0 Å². The number of rotatable bonds is 5. The first-order valence-electron chi connectivity index (χ1n) is 10.2. The standard InChI is InChI=1S/C23H26F2N2O2/c24-18-6-4-17(5-7-18)21-13-20(26-15-16-2-1-3-19(25)12-16)14-22(21)23(28)27-8-10-29-11-9-27/h1-7,12,20-22,26H,8-11,13-15H2/t20-,21+,22-/m0/s1. The summed E-state index contributed by atoms with van der Waals surface area (Å²) in [5.41, 5.74) is 1.87. The third-order valence-corrected chi connectivity index (χ3v) is 5.98. The van der Waals surface area contributed by atoms with E-state index in [4.69, 9.17) is 4.74 Å². The predicted octanol–water partition coefficient (Wildman–Crippen LogP) is 3.48. The molecule has 2 fully saturated rings. The second kappa shape index (κ2) is 9.01. The number of nitrogens with one attached hydrogen (secondary N) is 1. The maximum atomic E-state index is 13.4. The smallest absolute Gasteiger partial charge is 0.226 e. The third kappa shape index (κ3) is 4.82. The summed E-state index contributed by atoms with van der Waals surface area (Å²) in [5, 5.41) is 3.49. The summed E-state index contributed by atoms with van der Waals surface area (Å²) in [7, 11) is 0. The highest BCUT2D eigenvalue weighted by Crippen LogP contribution is 2.41. The molecule has 0 spiro atoms. The van der Waals surface area contributed by atoms with E-state index in [0.717, 1.165) is 17.5 Å². The van der Waals surface area contributed by atoms with Gasteiger partial charge in [0.2, 0.25) is 5.91 Å². The van der Waals surface area contributed by atoms with Crippen LogP contribution in [0.3, 0.4) is 0 Å². The van der Waals surface area contributed by atoms with E-state index in [1.54, 1.807) is 18.2 Å². The fraction of sp³-hybridized carbons (Fsp3) is 0.435. The quantitative estimate of drug-likeness (QED) is 0.836. The molecule has 1 saturated heterocycles. The monoisotopic (exact) mass is 400 g/mol. The van der Waals surface area contributed by atoms with E-state index in [1.807, 2.05) is 11.0 Å². The third-order valence-electron chi connectivity index (χ3n) is 5.98. The van der Waals surface area contributed by atoms with Crippen LogP contribution in [-0.2, 0) is 16.1 Å². The molecule has 29 heavy (non-hydrogen) atoms.